The van der Waals surface area contributed by atoms with Crippen LogP contribution in [0.25, 0.3) is 0 Å². The highest BCUT2D eigenvalue weighted by atomic mass is 35.5. The molecule has 0 radical (unpaired) electrons. The number of aromatic nitrogens is 1. The van der Waals surface area contributed by atoms with E-state index in [4.69, 9.17) is 28.9 Å². The van der Waals surface area contributed by atoms with Crippen LogP contribution < -0.4 is 11.1 Å². The average molecular weight is 322 g/mol. The number of rotatable bonds is 3. The van der Waals surface area contributed by atoms with Crippen LogP contribution in [0.4, 0.5) is 11.4 Å². The minimum absolute atomic E-state index is 0.0377. The van der Waals surface area contributed by atoms with Gasteiger partial charge in [0.2, 0.25) is 5.91 Å². The molecule has 0 saturated heterocycles. The van der Waals surface area contributed by atoms with E-state index in [1.165, 1.54) is 0 Å². The minimum Gasteiger partial charge on any atom is -0.396 e. The fraction of sp³-hybridized carbons (Fsp3) is 0.200. The van der Waals surface area contributed by atoms with Gasteiger partial charge in [-0.3, -0.25) is 9.78 Å². The maximum Gasteiger partial charge on any atom is 0.228 e. The van der Waals surface area contributed by atoms with Gasteiger partial charge < -0.3 is 11.1 Å². The van der Waals surface area contributed by atoms with Crippen molar-refractivity contribution in [2.24, 2.45) is 5.92 Å². The summed E-state index contributed by atoms with van der Waals surface area (Å²) in [5.41, 5.74) is 7.63. The average Bonchev–Trinajstić information content (AvgIpc) is 3.26. The Bertz CT molecular complexity index is 668. The van der Waals surface area contributed by atoms with Crippen LogP contribution >= 0.6 is 23.2 Å². The number of benzene rings is 1. The molecule has 0 unspecified atom stereocenters. The summed E-state index contributed by atoms with van der Waals surface area (Å²) in [6, 6.07) is 7.06. The van der Waals surface area contributed by atoms with Gasteiger partial charge in [0.1, 0.15) is 0 Å². The number of anilines is 2. The predicted molar refractivity (Wildman–Crippen MR) is 84.6 cm³/mol. The van der Waals surface area contributed by atoms with E-state index in [9.17, 15) is 4.79 Å². The molecule has 1 aromatic heterocycles. The number of amides is 1. The highest BCUT2D eigenvalue weighted by molar-refractivity contribution is 6.39. The van der Waals surface area contributed by atoms with Crippen LogP contribution in [0.3, 0.4) is 0 Å². The van der Waals surface area contributed by atoms with Crippen molar-refractivity contribution in [3.63, 3.8) is 0 Å². The molecule has 1 saturated carbocycles. The van der Waals surface area contributed by atoms with Crippen LogP contribution in [0, 0.1) is 5.92 Å². The molecule has 2 aromatic rings. The van der Waals surface area contributed by atoms with Crippen LogP contribution in [0.5, 0.6) is 0 Å². The van der Waals surface area contributed by atoms with Crippen LogP contribution in [0.15, 0.2) is 36.7 Å². The quantitative estimate of drug-likeness (QED) is 0.847. The van der Waals surface area contributed by atoms with Crippen molar-refractivity contribution in [1.82, 2.24) is 4.98 Å². The maximum absolute atomic E-state index is 12.2. The molecule has 108 valence electrons. The molecule has 0 aliphatic heterocycles. The third kappa shape index (κ3) is 2.96. The summed E-state index contributed by atoms with van der Waals surface area (Å²) in [5, 5.41) is 3.49. The van der Waals surface area contributed by atoms with Gasteiger partial charge in [0.15, 0.2) is 0 Å². The van der Waals surface area contributed by atoms with Gasteiger partial charge >= 0.3 is 0 Å². The number of hydrogen-bond acceptors (Lipinski definition) is 3. The molecule has 2 atom stereocenters. The first-order chi connectivity index (χ1) is 10.1. The van der Waals surface area contributed by atoms with Crippen LogP contribution in [0.1, 0.15) is 17.9 Å². The van der Waals surface area contributed by atoms with Crippen molar-refractivity contribution in [3.05, 3.63) is 52.3 Å². The van der Waals surface area contributed by atoms with E-state index in [0.29, 0.717) is 21.4 Å². The summed E-state index contributed by atoms with van der Waals surface area (Å²) in [5.74, 6) is 0.156. The second-order valence-electron chi connectivity index (χ2n) is 5.08. The van der Waals surface area contributed by atoms with Gasteiger partial charge in [0.25, 0.3) is 0 Å². The molecule has 1 aliphatic rings. The standard InChI is InChI=1S/C15H13Cl2N3O/c16-12-4-9(5-13(17)14(12)18)20-15(21)11-6-10(11)8-2-1-3-19-7-8/h1-5,7,10-11H,6,18H2,(H,20,21)/t10-,11+/m1/s1. The SMILES string of the molecule is Nc1c(Cl)cc(NC(=O)[C@H]2C[C@@H]2c2cccnc2)cc1Cl. The molecule has 4 nitrogen and oxygen atoms in total. The molecular weight excluding hydrogens is 309 g/mol. The highest BCUT2D eigenvalue weighted by Gasteiger charge is 2.44. The van der Waals surface area contributed by atoms with Crippen molar-refractivity contribution in [2.75, 3.05) is 11.1 Å². The largest absolute Gasteiger partial charge is 0.396 e. The third-order valence-electron chi connectivity index (χ3n) is 3.59. The van der Waals surface area contributed by atoms with E-state index in [-0.39, 0.29) is 17.7 Å². The molecule has 21 heavy (non-hydrogen) atoms. The second kappa shape index (κ2) is 5.54. The topological polar surface area (TPSA) is 68.0 Å². The zero-order valence-electron chi connectivity index (χ0n) is 11.0. The van der Waals surface area contributed by atoms with Gasteiger partial charge in [-0.15, -0.1) is 0 Å². The number of nitrogens with one attached hydrogen (secondary N) is 1. The van der Waals surface area contributed by atoms with Crippen LogP contribution in [-0.4, -0.2) is 10.9 Å². The van der Waals surface area contributed by atoms with Crippen molar-refractivity contribution < 1.29 is 4.79 Å². The number of nitrogens with two attached hydrogens (primary N) is 1. The third-order valence-corrected chi connectivity index (χ3v) is 4.21. The number of nitrogen functional groups attached to an aromatic ring is 1. The summed E-state index contributed by atoms with van der Waals surface area (Å²) < 4.78 is 0. The summed E-state index contributed by atoms with van der Waals surface area (Å²) in [4.78, 5) is 16.3. The number of carbonyl (C=O) groups excluding carboxylic acids is 1. The Morgan fingerprint density at radius 2 is 2.05 bits per heavy atom. The van der Waals surface area contributed by atoms with Gasteiger partial charge in [-0.25, -0.2) is 0 Å². The summed E-state index contributed by atoms with van der Waals surface area (Å²) in [6.45, 7) is 0. The van der Waals surface area contributed by atoms with E-state index in [0.717, 1.165) is 12.0 Å². The normalized spacial score (nSPS) is 20.1. The maximum atomic E-state index is 12.2. The number of carbonyl (C=O) groups is 1. The first-order valence-corrected chi connectivity index (χ1v) is 7.27. The molecule has 3 rings (SSSR count). The lowest BCUT2D eigenvalue weighted by Crippen LogP contribution is -2.14. The number of hydrogen-bond donors (Lipinski definition) is 2. The van der Waals surface area contributed by atoms with E-state index >= 15 is 0 Å². The Kier molecular flexibility index (Phi) is 3.74. The number of nitrogens with zero attached hydrogens (tertiary/aromatic N) is 1. The molecule has 1 aliphatic carbocycles. The van der Waals surface area contributed by atoms with Gasteiger partial charge in [0.05, 0.1) is 15.7 Å². The molecule has 3 N–H and O–H groups in total. The van der Waals surface area contributed by atoms with Gasteiger partial charge in [-0.1, -0.05) is 29.3 Å². The zero-order valence-corrected chi connectivity index (χ0v) is 12.5. The first kappa shape index (κ1) is 14.2. The molecule has 0 spiro atoms. The van der Waals surface area contributed by atoms with Gasteiger partial charge in [0, 0.05) is 24.0 Å². The Balaban J connectivity index is 1.69. The lowest BCUT2D eigenvalue weighted by Gasteiger charge is -2.08. The molecule has 1 fully saturated rings. The Morgan fingerprint density at radius 1 is 1.33 bits per heavy atom. The summed E-state index contributed by atoms with van der Waals surface area (Å²) in [6.07, 6.45) is 4.35. The molecule has 0 bridgehead atoms. The monoisotopic (exact) mass is 321 g/mol. The minimum atomic E-state index is -0.0410. The van der Waals surface area contributed by atoms with E-state index in [1.54, 1.807) is 24.5 Å². The number of halogens is 2. The smallest absolute Gasteiger partial charge is 0.228 e. The molecule has 1 heterocycles. The highest BCUT2D eigenvalue weighted by Crippen LogP contribution is 2.47. The molecule has 1 amide bonds. The fourth-order valence-corrected chi connectivity index (χ4v) is 2.83. The lowest BCUT2D eigenvalue weighted by atomic mass is 10.1. The lowest BCUT2D eigenvalue weighted by molar-refractivity contribution is -0.117. The molecule has 6 heteroatoms. The van der Waals surface area contributed by atoms with Crippen molar-refractivity contribution in [1.29, 1.82) is 0 Å². The molecule has 1 aromatic carbocycles. The van der Waals surface area contributed by atoms with E-state index < -0.39 is 0 Å². The Morgan fingerprint density at radius 3 is 2.67 bits per heavy atom. The zero-order chi connectivity index (χ0) is 15.0. The summed E-state index contributed by atoms with van der Waals surface area (Å²) >= 11 is 11.9. The predicted octanol–water partition coefficient (Wildman–Crippen LogP) is 3.71. The van der Waals surface area contributed by atoms with Crippen molar-refractivity contribution in [3.8, 4) is 0 Å². The van der Waals surface area contributed by atoms with Gasteiger partial charge in [-0.05, 0) is 36.1 Å². The van der Waals surface area contributed by atoms with Crippen molar-refractivity contribution >= 4 is 40.5 Å². The van der Waals surface area contributed by atoms with E-state index in [1.807, 2.05) is 12.1 Å². The van der Waals surface area contributed by atoms with Crippen LogP contribution in [-0.2, 0) is 4.79 Å². The Labute approximate surface area is 132 Å². The van der Waals surface area contributed by atoms with Gasteiger partial charge in [-0.2, -0.15) is 0 Å². The fourth-order valence-electron chi connectivity index (χ4n) is 2.34. The van der Waals surface area contributed by atoms with Crippen LogP contribution in [0.2, 0.25) is 10.0 Å². The second-order valence-corrected chi connectivity index (χ2v) is 5.89. The Hall–Kier alpha value is -1.78. The number of pyridine rings is 1. The molecular formula is C15H13Cl2N3O. The summed E-state index contributed by atoms with van der Waals surface area (Å²) in [7, 11) is 0. The van der Waals surface area contributed by atoms with E-state index in [2.05, 4.69) is 10.3 Å². The van der Waals surface area contributed by atoms with Crippen molar-refractivity contribution in [2.45, 2.75) is 12.3 Å². The first-order valence-electron chi connectivity index (χ1n) is 6.51.